The Balaban J connectivity index is 0.000000152. The van der Waals surface area contributed by atoms with E-state index in [4.69, 9.17) is 10.3 Å². The molecule has 0 bridgehead atoms. The first-order valence-corrected chi connectivity index (χ1v) is 19.7. The Morgan fingerprint density at radius 2 is 1.06 bits per heavy atom. The van der Waals surface area contributed by atoms with E-state index in [0.29, 0.717) is 37.8 Å². The average molecular weight is 701 g/mol. The third kappa shape index (κ3) is 6.89. The van der Waals surface area contributed by atoms with Gasteiger partial charge in [0.2, 0.25) is 0 Å². The van der Waals surface area contributed by atoms with Gasteiger partial charge >= 0.3 is 0 Å². The zero-order chi connectivity index (χ0) is 33.8. The standard InChI is InChI=1S/2C16H22N4O3S/c2*17-24(22,23)20-6-1-2-12(9-20)16(21)15-13(11-3-4-11)5-7-19-10-18-8-14(15)19/h2*5,7-8,10-12,16,21H,1-4,6,9H2,(H2,17,22,23). The first-order valence-electron chi connectivity index (χ1n) is 16.7. The fourth-order valence-corrected chi connectivity index (χ4v) is 9.17. The van der Waals surface area contributed by atoms with Crippen molar-refractivity contribution in [2.75, 3.05) is 26.2 Å². The number of nitrogens with two attached hydrogens (primary N) is 2. The van der Waals surface area contributed by atoms with E-state index >= 15 is 0 Å². The van der Waals surface area contributed by atoms with Crippen molar-refractivity contribution in [3.05, 3.63) is 71.8 Å². The van der Waals surface area contributed by atoms with E-state index < -0.39 is 32.6 Å². The van der Waals surface area contributed by atoms with Crippen molar-refractivity contribution in [3.63, 3.8) is 0 Å². The molecule has 0 aromatic carbocycles. The van der Waals surface area contributed by atoms with E-state index in [2.05, 4.69) is 22.1 Å². The number of nitrogens with zero attached hydrogens (tertiary/aromatic N) is 6. The Labute approximate surface area is 280 Å². The van der Waals surface area contributed by atoms with Gasteiger partial charge in [-0.05, 0) is 86.5 Å². The topological polar surface area (TPSA) is 202 Å². The summed E-state index contributed by atoms with van der Waals surface area (Å²) in [6.07, 6.45) is 17.0. The van der Waals surface area contributed by atoms with Crippen LogP contribution in [0.1, 0.15) is 97.7 Å². The Bertz CT molecular complexity index is 1860. The van der Waals surface area contributed by atoms with Crippen LogP contribution in [0.15, 0.2) is 49.6 Å². The van der Waals surface area contributed by atoms with Gasteiger partial charge in [-0.1, -0.05) is 0 Å². The molecule has 2 aliphatic heterocycles. The molecular formula is C32H44N8O6S2. The van der Waals surface area contributed by atoms with Gasteiger partial charge in [-0.25, -0.2) is 20.2 Å². The van der Waals surface area contributed by atoms with Gasteiger partial charge in [0.25, 0.3) is 20.4 Å². The summed E-state index contributed by atoms with van der Waals surface area (Å²) in [7, 11) is -7.43. The van der Waals surface area contributed by atoms with Crippen LogP contribution in [0.3, 0.4) is 0 Å². The summed E-state index contributed by atoms with van der Waals surface area (Å²) >= 11 is 0. The minimum absolute atomic E-state index is 0.157. The van der Waals surface area contributed by atoms with Crippen molar-refractivity contribution >= 4 is 31.5 Å². The molecule has 2 saturated carbocycles. The first-order chi connectivity index (χ1) is 22.9. The maximum Gasteiger partial charge on any atom is 0.276 e. The van der Waals surface area contributed by atoms with Crippen LogP contribution in [0.2, 0.25) is 0 Å². The molecule has 8 rings (SSSR count). The lowest BCUT2D eigenvalue weighted by molar-refractivity contribution is 0.0735. The summed E-state index contributed by atoms with van der Waals surface area (Å²) in [5.41, 5.74) is 5.95. The number of imidazole rings is 2. The van der Waals surface area contributed by atoms with Gasteiger partial charge in [-0.15, -0.1) is 0 Å². The predicted octanol–water partition coefficient (Wildman–Crippen LogP) is 2.32. The monoisotopic (exact) mass is 700 g/mol. The number of hydrogen-bond donors (Lipinski definition) is 4. The van der Waals surface area contributed by atoms with Gasteiger partial charge in [0, 0.05) is 61.5 Å². The molecule has 4 aromatic rings. The molecular weight excluding hydrogens is 657 g/mol. The lowest BCUT2D eigenvalue weighted by Crippen LogP contribution is -2.44. The lowest BCUT2D eigenvalue weighted by atomic mass is 9.86. The number of fused-ring (bicyclic) bond motifs is 2. The van der Waals surface area contributed by atoms with E-state index in [1.165, 1.54) is 19.7 Å². The Hall–Kier alpha value is -2.96. The summed E-state index contributed by atoms with van der Waals surface area (Å²) in [6.45, 7) is 1.38. The van der Waals surface area contributed by atoms with Crippen molar-refractivity contribution in [2.24, 2.45) is 22.1 Å². The Kier molecular flexibility index (Phi) is 9.12. The number of hydrogen-bond acceptors (Lipinski definition) is 8. The molecule has 4 atom stereocenters. The molecule has 48 heavy (non-hydrogen) atoms. The van der Waals surface area contributed by atoms with Crippen LogP contribution in [0.4, 0.5) is 0 Å². The fourth-order valence-electron chi connectivity index (χ4n) is 7.60. The zero-order valence-corrected chi connectivity index (χ0v) is 28.4. The quantitative estimate of drug-likeness (QED) is 0.214. The molecule has 14 nitrogen and oxygen atoms in total. The SMILES string of the molecule is NS(=O)(=O)N1CCCC(C(O)c2c(C3CC3)ccn3cncc23)C1.NS(=O)(=O)N1CCCC(C(O)c2c(C3CC3)ccn3cncc23)C1. The number of aromatic nitrogens is 4. The largest absolute Gasteiger partial charge is 0.388 e. The molecule has 260 valence electrons. The zero-order valence-electron chi connectivity index (χ0n) is 26.8. The smallest absolute Gasteiger partial charge is 0.276 e. The minimum atomic E-state index is -3.72. The van der Waals surface area contributed by atoms with Crippen molar-refractivity contribution < 1.29 is 27.0 Å². The number of piperidine rings is 2. The van der Waals surface area contributed by atoms with E-state index in [-0.39, 0.29) is 24.9 Å². The van der Waals surface area contributed by atoms with Gasteiger partial charge in [-0.2, -0.15) is 25.4 Å². The van der Waals surface area contributed by atoms with E-state index in [1.807, 2.05) is 21.2 Å². The molecule has 4 aromatic heterocycles. The Morgan fingerprint density at radius 1 is 0.667 bits per heavy atom. The predicted molar refractivity (Wildman–Crippen MR) is 179 cm³/mol. The summed E-state index contributed by atoms with van der Waals surface area (Å²) < 4.78 is 53.0. The second kappa shape index (κ2) is 13.1. The van der Waals surface area contributed by atoms with E-state index in [1.54, 1.807) is 25.0 Å². The first kappa shape index (κ1) is 33.5. The number of aliphatic hydroxyl groups excluding tert-OH is 2. The molecule has 4 aliphatic rings. The van der Waals surface area contributed by atoms with Crippen molar-refractivity contribution in [2.45, 2.75) is 75.4 Å². The molecule has 0 spiro atoms. The highest BCUT2D eigenvalue weighted by molar-refractivity contribution is 7.87. The normalized spacial score (nSPS) is 24.3. The highest BCUT2D eigenvalue weighted by Gasteiger charge is 2.37. The maximum absolute atomic E-state index is 11.7. The molecule has 4 unspecified atom stereocenters. The molecule has 16 heteroatoms. The van der Waals surface area contributed by atoms with Crippen molar-refractivity contribution in [3.8, 4) is 0 Å². The van der Waals surface area contributed by atoms with Crippen LogP contribution in [-0.2, 0) is 20.4 Å². The Morgan fingerprint density at radius 3 is 1.42 bits per heavy atom. The minimum Gasteiger partial charge on any atom is -0.388 e. The molecule has 2 aliphatic carbocycles. The average Bonchev–Trinajstić information content (AvgIpc) is 4.00. The van der Waals surface area contributed by atoms with Crippen LogP contribution in [-0.4, -0.2) is 80.6 Å². The number of aliphatic hydroxyl groups is 2. The van der Waals surface area contributed by atoms with Crippen LogP contribution < -0.4 is 10.3 Å². The lowest BCUT2D eigenvalue weighted by Gasteiger charge is -2.34. The van der Waals surface area contributed by atoms with E-state index in [0.717, 1.165) is 60.7 Å². The third-order valence-electron chi connectivity index (χ3n) is 10.4. The third-order valence-corrected chi connectivity index (χ3v) is 12.5. The summed E-state index contributed by atoms with van der Waals surface area (Å²) in [5, 5.41) is 32.8. The fraction of sp³-hybridized carbons (Fsp3) is 0.562. The summed E-state index contributed by atoms with van der Waals surface area (Å²) in [6, 6.07) is 4.12. The van der Waals surface area contributed by atoms with Crippen molar-refractivity contribution in [1.29, 1.82) is 0 Å². The summed E-state index contributed by atoms with van der Waals surface area (Å²) in [4.78, 5) is 8.38. The maximum atomic E-state index is 11.7. The molecule has 0 amide bonds. The van der Waals surface area contributed by atoms with Crippen LogP contribution in [0.25, 0.3) is 11.0 Å². The van der Waals surface area contributed by atoms with Gasteiger partial charge < -0.3 is 19.0 Å². The molecule has 4 fully saturated rings. The van der Waals surface area contributed by atoms with Gasteiger partial charge in [-0.3, -0.25) is 0 Å². The highest BCUT2D eigenvalue weighted by Crippen LogP contribution is 2.47. The van der Waals surface area contributed by atoms with Crippen LogP contribution >= 0.6 is 0 Å². The van der Waals surface area contributed by atoms with Crippen LogP contribution in [0, 0.1) is 11.8 Å². The number of rotatable bonds is 8. The van der Waals surface area contributed by atoms with Gasteiger partial charge in [0.1, 0.15) is 0 Å². The number of pyridine rings is 2. The second-order valence-corrected chi connectivity index (χ2v) is 16.9. The summed E-state index contributed by atoms with van der Waals surface area (Å²) in [5.74, 6) is 0.673. The molecule has 6 heterocycles. The highest BCUT2D eigenvalue weighted by atomic mass is 32.2. The van der Waals surface area contributed by atoms with E-state index in [9.17, 15) is 27.0 Å². The van der Waals surface area contributed by atoms with Crippen LogP contribution in [0.5, 0.6) is 0 Å². The van der Waals surface area contributed by atoms with Gasteiger partial charge in [0.15, 0.2) is 0 Å². The van der Waals surface area contributed by atoms with Gasteiger partial charge in [0.05, 0.1) is 48.3 Å². The molecule has 0 radical (unpaired) electrons. The van der Waals surface area contributed by atoms with Crippen molar-refractivity contribution in [1.82, 2.24) is 27.4 Å². The molecule has 2 saturated heterocycles. The second-order valence-electron chi connectivity index (χ2n) is 13.8. The molecule has 6 N–H and O–H groups in total.